The maximum atomic E-state index is 12.9. The molecule has 5 nitrogen and oxygen atoms in total. The third-order valence-corrected chi connectivity index (χ3v) is 5.05. The number of amides is 2. The van der Waals surface area contributed by atoms with E-state index in [1.165, 1.54) is 0 Å². The molecule has 0 radical (unpaired) electrons. The van der Waals surface area contributed by atoms with Crippen molar-refractivity contribution in [2.75, 3.05) is 19.5 Å². The Morgan fingerprint density at radius 3 is 2.62 bits per heavy atom. The molecule has 0 unspecified atom stereocenters. The first-order chi connectivity index (χ1) is 12.5. The number of likely N-dealkylation sites (tertiary alicyclic amines) is 1. The minimum absolute atomic E-state index is 0.0513. The van der Waals surface area contributed by atoms with Crippen LogP contribution in [0.3, 0.4) is 0 Å². The first-order valence-corrected chi connectivity index (χ1v) is 8.84. The molecule has 0 aliphatic carbocycles. The molecule has 2 aromatic carbocycles. The summed E-state index contributed by atoms with van der Waals surface area (Å²) in [6.45, 7) is 0. The summed E-state index contributed by atoms with van der Waals surface area (Å²) in [7, 11) is 3.29. The average molecular weight is 373 g/mol. The zero-order valence-corrected chi connectivity index (χ0v) is 15.5. The van der Waals surface area contributed by atoms with E-state index >= 15 is 0 Å². The third kappa shape index (κ3) is 3.68. The monoisotopic (exact) mass is 372 g/mol. The van der Waals surface area contributed by atoms with Gasteiger partial charge in [0.1, 0.15) is 5.75 Å². The quantitative estimate of drug-likeness (QED) is 0.885. The molecule has 0 bridgehead atoms. The van der Waals surface area contributed by atoms with Gasteiger partial charge in [-0.2, -0.15) is 0 Å². The van der Waals surface area contributed by atoms with Crippen molar-refractivity contribution in [2.24, 2.45) is 5.92 Å². The summed E-state index contributed by atoms with van der Waals surface area (Å²) in [5.74, 6) is 0.144. The molecule has 6 heteroatoms. The summed E-state index contributed by atoms with van der Waals surface area (Å²) in [4.78, 5) is 26.8. The molecule has 0 aromatic heterocycles. The minimum Gasteiger partial charge on any atom is -0.495 e. The largest absolute Gasteiger partial charge is 0.495 e. The molecule has 3 rings (SSSR count). The second kappa shape index (κ2) is 7.79. The number of hydrogen-bond donors (Lipinski definition) is 1. The topological polar surface area (TPSA) is 58.6 Å². The van der Waals surface area contributed by atoms with Crippen LogP contribution >= 0.6 is 11.6 Å². The van der Waals surface area contributed by atoms with Crippen LogP contribution in [0.2, 0.25) is 5.02 Å². The van der Waals surface area contributed by atoms with Gasteiger partial charge in [0, 0.05) is 19.2 Å². The predicted octanol–water partition coefficient (Wildman–Crippen LogP) is 3.90. The van der Waals surface area contributed by atoms with E-state index in [1.54, 1.807) is 37.3 Å². The average Bonchev–Trinajstić information content (AvgIpc) is 2.64. The molecule has 1 aliphatic rings. The summed E-state index contributed by atoms with van der Waals surface area (Å²) in [6, 6.07) is 14.5. The Kier molecular flexibility index (Phi) is 5.47. The van der Waals surface area contributed by atoms with Crippen molar-refractivity contribution < 1.29 is 14.3 Å². The van der Waals surface area contributed by atoms with E-state index in [-0.39, 0.29) is 23.8 Å². The van der Waals surface area contributed by atoms with Gasteiger partial charge in [-0.1, -0.05) is 41.9 Å². The highest BCUT2D eigenvalue weighted by Crippen LogP contribution is 2.36. The third-order valence-electron chi connectivity index (χ3n) is 4.76. The molecule has 136 valence electrons. The van der Waals surface area contributed by atoms with Gasteiger partial charge in [0.05, 0.1) is 24.1 Å². The van der Waals surface area contributed by atoms with Crippen LogP contribution in [0, 0.1) is 5.92 Å². The molecule has 0 spiro atoms. The molecule has 1 heterocycles. The molecule has 1 fully saturated rings. The Bertz CT molecular complexity index is 810. The van der Waals surface area contributed by atoms with Gasteiger partial charge < -0.3 is 15.0 Å². The summed E-state index contributed by atoms with van der Waals surface area (Å²) >= 11 is 6.14. The van der Waals surface area contributed by atoms with Gasteiger partial charge in [-0.25, -0.2) is 0 Å². The SMILES string of the molecule is COc1ccc(NC(=O)[C@@H]2CCC(=O)N(C)[C@H]2c2ccccc2)cc1Cl. The number of methoxy groups -OCH3 is 1. The van der Waals surface area contributed by atoms with Crippen LogP contribution in [0.4, 0.5) is 5.69 Å². The number of piperidine rings is 1. The lowest BCUT2D eigenvalue weighted by Crippen LogP contribution is -2.44. The number of nitrogens with one attached hydrogen (secondary N) is 1. The molecule has 26 heavy (non-hydrogen) atoms. The van der Waals surface area contributed by atoms with Crippen molar-refractivity contribution in [3.8, 4) is 5.75 Å². The second-order valence-corrected chi connectivity index (χ2v) is 6.75. The summed E-state index contributed by atoms with van der Waals surface area (Å²) < 4.78 is 5.13. The Morgan fingerprint density at radius 1 is 1.23 bits per heavy atom. The van der Waals surface area contributed by atoms with Crippen LogP contribution in [0.5, 0.6) is 5.75 Å². The first-order valence-electron chi connectivity index (χ1n) is 8.46. The molecular formula is C20H21ClN2O3. The van der Waals surface area contributed by atoms with E-state index in [0.29, 0.717) is 29.3 Å². The Hall–Kier alpha value is -2.53. The van der Waals surface area contributed by atoms with E-state index in [2.05, 4.69) is 5.32 Å². The van der Waals surface area contributed by atoms with Crippen molar-refractivity contribution in [2.45, 2.75) is 18.9 Å². The zero-order chi connectivity index (χ0) is 18.7. The number of rotatable bonds is 4. The van der Waals surface area contributed by atoms with E-state index in [1.807, 2.05) is 30.3 Å². The number of anilines is 1. The number of benzene rings is 2. The van der Waals surface area contributed by atoms with Crippen LogP contribution < -0.4 is 10.1 Å². The molecule has 1 N–H and O–H groups in total. The molecule has 0 saturated carbocycles. The molecule has 2 aromatic rings. The van der Waals surface area contributed by atoms with E-state index in [4.69, 9.17) is 16.3 Å². The van der Waals surface area contributed by atoms with Crippen molar-refractivity contribution in [1.29, 1.82) is 0 Å². The van der Waals surface area contributed by atoms with E-state index < -0.39 is 0 Å². The zero-order valence-electron chi connectivity index (χ0n) is 14.7. The van der Waals surface area contributed by atoms with Crippen molar-refractivity contribution in [3.05, 3.63) is 59.1 Å². The number of nitrogens with zero attached hydrogens (tertiary/aromatic N) is 1. The molecular weight excluding hydrogens is 352 g/mol. The lowest BCUT2D eigenvalue weighted by molar-refractivity contribution is -0.140. The van der Waals surface area contributed by atoms with Crippen molar-refractivity contribution in [1.82, 2.24) is 4.90 Å². The second-order valence-electron chi connectivity index (χ2n) is 6.34. The Morgan fingerprint density at radius 2 is 1.96 bits per heavy atom. The Labute approximate surface area is 157 Å². The number of hydrogen-bond acceptors (Lipinski definition) is 3. The number of carbonyl (C=O) groups excluding carboxylic acids is 2. The minimum atomic E-state index is -0.332. The van der Waals surface area contributed by atoms with Gasteiger partial charge in [0.25, 0.3) is 0 Å². The molecule has 2 atom stereocenters. The van der Waals surface area contributed by atoms with Crippen LogP contribution in [-0.2, 0) is 9.59 Å². The van der Waals surface area contributed by atoms with Gasteiger partial charge in [-0.15, -0.1) is 0 Å². The fraction of sp³-hybridized carbons (Fsp3) is 0.300. The lowest BCUT2D eigenvalue weighted by Gasteiger charge is -2.38. The normalized spacial score (nSPS) is 20.0. The Balaban J connectivity index is 1.84. The number of carbonyl (C=O) groups is 2. The molecule has 2 amide bonds. The smallest absolute Gasteiger partial charge is 0.229 e. The highest BCUT2D eigenvalue weighted by atomic mass is 35.5. The van der Waals surface area contributed by atoms with Crippen molar-refractivity contribution in [3.63, 3.8) is 0 Å². The van der Waals surface area contributed by atoms with Gasteiger partial charge in [0.2, 0.25) is 11.8 Å². The highest BCUT2D eigenvalue weighted by Gasteiger charge is 2.38. The van der Waals surface area contributed by atoms with Gasteiger partial charge in [-0.3, -0.25) is 9.59 Å². The standard InChI is InChI=1S/C20H21ClN2O3/c1-23-18(24)11-9-15(19(23)13-6-4-3-5-7-13)20(25)22-14-8-10-17(26-2)16(21)12-14/h3-8,10,12,15,19H,9,11H2,1-2H3,(H,22,25)/t15-,19+/m1/s1. The summed E-state index contributed by atoms with van der Waals surface area (Å²) in [5.41, 5.74) is 1.56. The van der Waals surface area contributed by atoms with E-state index in [9.17, 15) is 9.59 Å². The van der Waals surface area contributed by atoms with Gasteiger partial charge >= 0.3 is 0 Å². The summed E-state index contributed by atoms with van der Waals surface area (Å²) in [5, 5.41) is 3.35. The highest BCUT2D eigenvalue weighted by molar-refractivity contribution is 6.32. The van der Waals surface area contributed by atoms with Crippen LogP contribution in [-0.4, -0.2) is 30.9 Å². The molecule has 1 aliphatic heterocycles. The van der Waals surface area contributed by atoms with Crippen molar-refractivity contribution >= 4 is 29.1 Å². The van der Waals surface area contributed by atoms with Crippen LogP contribution in [0.25, 0.3) is 0 Å². The lowest BCUT2D eigenvalue weighted by atomic mass is 9.84. The van der Waals surface area contributed by atoms with Gasteiger partial charge in [0.15, 0.2) is 0 Å². The summed E-state index contributed by atoms with van der Waals surface area (Å²) in [6.07, 6.45) is 0.875. The van der Waals surface area contributed by atoms with E-state index in [0.717, 1.165) is 5.56 Å². The first kappa shape index (κ1) is 18.3. The maximum absolute atomic E-state index is 12.9. The fourth-order valence-corrected chi connectivity index (χ4v) is 3.66. The molecule has 1 saturated heterocycles. The maximum Gasteiger partial charge on any atom is 0.229 e. The number of halogens is 1. The fourth-order valence-electron chi connectivity index (χ4n) is 3.40. The van der Waals surface area contributed by atoms with Gasteiger partial charge in [-0.05, 0) is 30.2 Å². The van der Waals surface area contributed by atoms with Crippen LogP contribution in [0.15, 0.2) is 48.5 Å². The number of ether oxygens (including phenoxy) is 1. The predicted molar refractivity (Wildman–Crippen MR) is 101 cm³/mol. The van der Waals surface area contributed by atoms with Crippen LogP contribution in [0.1, 0.15) is 24.4 Å².